The van der Waals surface area contributed by atoms with Crippen molar-refractivity contribution in [2.45, 2.75) is 13.0 Å². The largest absolute Gasteiger partial charge is 0.399 e. The summed E-state index contributed by atoms with van der Waals surface area (Å²) in [6.45, 7) is 1.41. The Balaban J connectivity index is 1.75. The van der Waals surface area contributed by atoms with Gasteiger partial charge in [0, 0.05) is 37.4 Å². The summed E-state index contributed by atoms with van der Waals surface area (Å²) in [7, 11) is 0. The van der Waals surface area contributed by atoms with E-state index in [1.54, 1.807) is 24.7 Å². The molecule has 0 spiro atoms. The van der Waals surface area contributed by atoms with Crippen molar-refractivity contribution in [3.63, 3.8) is 0 Å². The van der Waals surface area contributed by atoms with Gasteiger partial charge >= 0.3 is 0 Å². The van der Waals surface area contributed by atoms with Crippen LogP contribution in [0.25, 0.3) is 0 Å². The Morgan fingerprint density at radius 3 is 3.06 bits per heavy atom. The molecule has 0 radical (unpaired) electrons. The summed E-state index contributed by atoms with van der Waals surface area (Å²) in [4.78, 5) is 19.6. The average Bonchev–Trinajstić information content (AvgIpc) is 2.87. The van der Waals surface area contributed by atoms with Gasteiger partial charge in [-0.2, -0.15) is 0 Å². The molecule has 1 amide bonds. The maximum absolute atomic E-state index is 11.7. The van der Waals surface area contributed by atoms with Gasteiger partial charge in [-0.3, -0.25) is 9.78 Å². The van der Waals surface area contributed by atoms with Crippen molar-refractivity contribution in [2.75, 3.05) is 12.3 Å². The van der Waals surface area contributed by atoms with Gasteiger partial charge in [0.05, 0.1) is 6.33 Å². The van der Waals surface area contributed by atoms with Crippen LogP contribution in [0, 0.1) is 0 Å². The molecule has 94 valence electrons. The van der Waals surface area contributed by atoms with Crippen LogP contribution in [-0.2, 0) is 6.54 Å². The van der Waals surface area contributed by atoms with E-state index in [1.807, 2.05) is 10.8 Å². The molecule has 2 aromatic heterocycles. The van der Waals surface area contributed by atoms with E-state index in [-0.39, 0.29) is 5.91 Å². The molecule has 0 aliphatic rings. The number of hydrogen-bond donors (Lipinski definition) is 2. The summed E-state index contributed by atoms with van der Waals surface area (Å²) in [5.41, 5.74) is 6.47. The molecule has 0 saturated heterocycles. The van der Waals surface area contributed by atoms with E-state index in [1.165, 1.54) is 6.20 Å². The van der Waals surface area contributed by atoms with Gasteiger partial charge < -0.3 is 15.6 Å². The van der Waals surface area contributed by atoms with Crippen molar-refractivity contribution in [3.8, 4) is 0 Å². The number of nitrogens with two attached hydrogens (primary N) is 1. The lowest BCUT2D eigenvalue weighted by atomic mass is 10.3. The highest BCUT2D eigenvalue weighted by atomic mass is 16.1. The van der Waals surface area contributed by atoms with Gasteiger partial charge in [0.1, 0.15) is 5.69 Å². The molecule has 0 aromatic carbocycles. The number of nitrogens with zero attached hydrogens (tertiary/aromatic N) is 3. The molecule has 2 aromatic rings. The number of aromatic nitrogens is 3. The molecule has 6 nitrogen and oxygen atoms in total. The fraction of sp³-hybridized carbons (Fsp3) is 0.250. The van der Waals surface area contributed by atoms with Crippen molar-refractivity contribution in [1.82, 2.24) is 19.9 Å². The second-order valence-corrected chi connectivity index (χ2v) is 3.88. The number of imidazole rings is 1. The summed E-state index contributed by atoms with van der Waals surface area (Å²) >= 11 is 0. The normalized spacial score (nSPS) is 10.2. The molecular weight excluding hydrogens is 230 g/mol. The van der Waals surface area contributed by atoms with Crippen LogP contribution in [0.1, 0.15) is 16.9 Å². The van der Waals surface area contributed by atoms with Gasteiger partial charge in [-0.15, -0.1) is 0 Å². The van der Waals surface area contributed by atoms with E-state index in [0.29, 0.717) is 17.9 Å². The molecule has 18 heavy (non-hydrogen) atoms. The number of anilines is 1. The zero-order chi connectivity index (χ0) is 12.8. The van der Waals surface area contributed by atoms with E-state index in [9.17, 15) is 4.79 Å². The van der Waals surface area contributed by atoms with Gasteiger partial charge in [0.2, 0.25) is 0 Å². The predicted octanol–water partition coefficient (Wildman–Crippen LogP) is 0.680. The molecule has 3 N–H and O–H groups in total. The van der Waals surface area contributed by atoms with Crippen LogP contribution in [0.3, 0.4) is 0 Å². The predicted molar refractivity (Wildman–Crippen MR) is 67.8 cm³/mol. The molecule has 0 atom stereocenters. The number of rotatable bonds is 5. The Hall–Kier alpha value is -2.37. The van der Waals surface area contributed by atoms with Crippen LogP contribution in [0.2, 0.25) is 0 Å². The summed E-state index contributed by atoms with van der Waals surface area (Å²) in [6, 6.07) is 3.21. The highest BCUT2D eigenvalue weighted by molar-refractivity contribution is 5.92. The zero-order valence-electron chi connectivity index (χ0n) is 9.91. The van der Waals surface area contributed by atoms with Gasteiger partial charge in [-0.1, -0.05) is 0 Å². The minimum absolute atomic E-state index is 0.201. The van der Waals surface area contributed by atoms with Crippen molar-refractivity contribution in [2.24, 2.45) is 0 Å². The third-order valence-electron chi connectivity index (χ3n) is 2.45. The monoisotopic (exact) mass is 245 g/mol. The quantitative estimate of drug-likeness (QED) is 0.758. The lowest BCUT2D eigenvalue weighted by Gasteiger charge is -2.05. The SMILES string of the molecule is Nc1ccnc(C(=O)NCCCn2ccnc2)c1. The molecule has 6 heteroatoms. The van der Waals surface area contributed by atoms with E-state index in [4.69, 9.17) is 5.73 Å². The first-order chi connectivity index (χ1) is 8.75. The summed E-state index contributed by atoms with van der Waals surface area (Å²) in [5.74, 6) is -0.201. The number of pyridine rings is 1. The van der Waals surface area contributed by atoms with E-state index >= 15 is 0 Å². The molecule has 0 unspecified atom stereocenters. The number of carbonyl (C=O) groups is 1. The molecule has 0 fully saturated rings. The topological polar surface area (TPSA) is 85.8 Å². The summed E-state index contributed by atoms with van der Waals surface area (Å²) < 4.78 is 1.96. The lowest BCUT2D eigenvalue weighted by Crippen LogP contribution is -2.26. The Bertz CT molecular complexity index is 509. The first-order valence-electron chi connectivity index (χ1n) is 5.71. The van der Waals surface area contributed by atoms with Crippen molar-refractivity contribution in [3.05, 3.63) is 42.7 Å². The fourth-order valence-corrected chi connectivity index (χ4v) is 1.54. The lowest BCUT2D eigenvalue weighted by molar-refractivity contribution is 0.0948. The van der Waals surface area contributed by atoms with E-state index < -0.39 is 0 Å². The van der Waals surface area contributed by atoms with Crippen molar-refractivity contribution in [1.29, 1.82) is 0 Å². The van der Waals surface area contributed by atoms with Gasteiger partial charge in [-0.05, 0) is 18.6 Å². The second kappa shape index (κ2) is 5.81. The highest BCUT2D eigenvalue weighted by Gasteiger charge is 2.05. The van der Waals surface area contributed by atoms with E-state index in [0.717, 1.165) is 13.0 Å². The first kappa shape index (κ1) is 12.1. The van der Waals surface area contributed by atoms with Crippen LogP contribution in [0.15, 0.2) is 37.1 Å². The molecular formula is C12H15N5O. The Labute approximate surface area is 105 Å². The van der Waals surface area contributed by atoms with Gasteiger partial charge in [0.25, 0.3) is 5.91 Å². The number of amides is 1. The maximum atomic E-state index is 11.7. The summed E-state index contributed by atoms with van der Waals surface area (Å²) in [6.07, 6.45) is 7.73. The van der Waals surface area contributed by atoms with E-state index in [2.05, 4.69) is 15.3 Å². The molecule has 0 aliphatic carbocycles. The Morgan fingerprint density at radius 1 is 1.44 bits per heavy atom. The molecule has 2 heterocycles. The first-order valence-corrected chi connectivity index (χ1v) is 5.71. The van der Waals surface area contributed by atoms with Crippen LogP contribution in [-0.4, -0.2) is 27.0 Å². The smallest absolute Gasteiger partial charge is 0.269 e. The van der Waals surface area contributed by atoms with Crippen molar-refractivity contribution >= 4 is 11.6 Å². The van der Waals surface area contributed by atoms with Gasteiger partial charge in [0.15, 0.2) is 0 Å². The zero-order valence-corrected chi connectivity index (χ0v) is 9.91. The molecule has 0 saturated carbocycles. The molecule has 0 bridgehead atoms. The third-order valence-corrected chi connectivity index (χ3v) is 2.45. The molecule has 0 aliphatic heterocycles. The van der Waals surface area contributed by atoms with Crippen molar-refractivity contribution < 1.29 is 4.79 Å². The van der Waals surface area contributed by atoms with Crippen LogP contribution >= 0.6 is 0 Å². The highest BCUT2D eigenvalue weighted by Crippen LogP contribution is 2.02. The minimum Gasteiger partial charge on any atom is -0.399 e. The standard InChI is InChI=1S/C12H15N5O/c13-10-2-4-15-11(8-10)12(18)16-3-1-6-17-7-5-14-9-17/h2,4-5,7-9H,1,3,6H2,(H2,13,15)(H,16,18). The number of hydrogen-bond acceptors (Lipinski definition) is 4. The Morgan fingerprint density at radius 2 is 2.33 bits per heavy atom. The number of aryl methyl sites for hydroxylation is 1. The second-order valence-electron chi connectivity index (χ2n) is 3.88. The van der Waals surface area contributed by atoms with Crippen LogP contribution in [0.5, 0.6) is 0 Å². The van der Waals surface area contributed by atoms with Crippen LogP contribution in [0.4, 0.5) is 5.69 Å². The summed E-state index contributed by atoms with van der Waals surface area (Å²) in [5, 5.41) is 2.80. The third kappa shape index (κ3) is 3.31. The number of nitrogen functional groups attached to an aromatic ring is 1. The maximum Gasteiger partial charge on any atom is 0.269 e. The fourth-order valence-electron chi connectivity index (χ4n) is 1.54. The average molecular weight is 245 g/mol. The Kier molecular flexibility index (Phi) is 3.90. The number of nitrogens with one attached hydrogen (secondary N) is 1. The van der Waals surface area contributed by atoms with Crippen LogP contribution < -0.4 is 11.1 Å². The number of carbonyl (C=O) groups excluding carboxylic acids is 1. The minimum atomic E-state index is -0.201. The molecule has 2 rings (SSSR count). The van der Waals surface area contributed by atoms with Gasteiger partial charge in [-0.25, -0.2) is 4.98 Å².